The van der Waals surface area contributed by atoms with Gasteiger partial charge in [-0.25, -0.2) is 0 Å². The summed E-state index contributed by atoms with van der Waals surface area (Å²) in [5, 5.41) is 3.53. The van der Waals surface area contributed by atoms with Crippen LogP contribution in [0.3, 0.4) is 0 Å². The summed E-state index contributed by atoms with van der Waals surface area (Å²) in [7, 11) is 3.16. The first kappa shape index (κ1) is 38.8. The maximum Gasteiger partial charge on any atom is 0.261 e. The third-order valence-corrected chi connectivity index (χ3v) is 11.7. The molecule has 4 aliphatic heterocycles. The molecule has 0 radical (unpaired) electrons. The van der Waals surface area contributed by atoms with Gasteiger partial charge in [0.1, 0.15) is 13.2 Å². The Hall–Kier alpha value is -6.75. The Kier molecular flexibility index (Phi) is 10.2. The van der Waals surface area contributed by atoms with Gasteiger partial charge in [-0.1, -0.05) is 48.6 Å². The highest BCUT2D eigenvalue weighted by molar-refractivity contribution is 6.15. The van der Waals surface area contributed by atoms with E-state index in [4.69, 9.17) is 23.9 Å². The van der Waals surface area contributed by atoms with Crippen LogP contribution in [0.4, 0.5) is 28.4 Å². The van der Waals surface area contributed by atoms with Crippen molar-refractivity contribution >= 4 is 46.5 Å². The van der Waals surface area contributed by atoms with Crippen molar-refractivity contribution in [1.29, 1.82) is 0 Å². The van der Waals surface area contributed by atoms with Crippen LogP contribution in [0.5, 0.6) is 23.0 Å². The van der Waals surface area contributed by atoms with E-state index in [1.54, 1.807) is 32.4 Å². The van der Waals surface area contributed by atoms with Gasteiger partial charge in [-0.3, -0.25) is 19.5 Å². The molecule has 11 heteroatoms. The van der Waals surface area contributed by atoms with Crippen molar-refractivity contribution in [2.45, 2.75) is 65.0 Å². The van der Waals surface area contributed by atoms with Crippen molar-refractivity contribution in [3.63, 3.8) is 0 Å². The van der Waals surface area contributed by atoms with Crippen LogP contribution in [0.15, 0.2) is 108 Å². The number of fused-ring (bicyclic) bond motifs is 8. The molecular formula is C49H49N5O6. The molecule has 4 heterocycles. The number of amides is 2. The molecule has 0 saturated heterocycles. The molecule has 0 aliphatic carbocycles. The molecule has 5 aromatic rings. The second-order valence-electron chi connectivity index (χ2n) is 16.2. The van der Waals surface area contributed by atoms with E-state index in [1.807, 2.05) is 65.4 Å². The van der Waals surface area contributed by atoms with Crippen molar-refractivity contribution in [3.8, 4) is 23.0 Å². The zero-order chi connectivity index (χ0) is 41.7. The number of methoxy groups -OCH3 is 2. The lowest BCUT2D eigenvalue weighted by molar-refractivity contribution is 0.0976. The van der Waals surface area contributed by atoms with Gasteiger partial charge in [0, 0.05) is 61.0 Å². The summed E-state index contributed by atoms with van der Waals surface area (Å²) in [5.74, 6) is 1.75. The lowest BCUT2D eigenvalue weighted by Crippen LogP contribution is -2.39. The fraction of sp³-hybridized carbons (Fsp3) is 0.286. The number of para-hydroxylation sites is 2. The molecule has 306 valence electrons. The van der Waals surface area contributed by atoms with E-state index in [0.717, 1.165) is 45.7 Å². The van der Waals surface area contributed by atoms with Crippen LogP contribution in [0, 0.1) is 0 Å². The number of rotatable bonds is 12. The number of carbonyl (C=O) groups is 2. The molecule has 60 heavy (non-hydrogen) atoms. The third kappa shape index (κ3) is 7.07. The Morgan fingerprint density at radius 1 is 0.783 bits per heavy atom. The average Bonchev–Trinajstić information content (AvgIpc) is 3.74. The Labute approximate surface area is 350 Å². The zero-order valence-electron chi connectivity index (χ0n) is 34.7. The van der Waals surface area contributed by atoms with Crippen LogP contribution < -0.4 is 39.0 Å². The van der Waals surface area contributed by atoms with Gasteiger partial charge in [0.15, 0.2) is 23.0 Å². The average molecular weight is 804 g/mol. The second kappa shape index (κ2) is 15.8. The number of nitrogens with one attached hydrogen (secondary N) is 1. The zero-order valence-corrected chi connectivity index (χ0v) is 34.7. The molecular weight excluding hydrogens is 755 g/mol. The number of hydrogen-bond acceptors (Lipinski definition) is 9. The van der Waals surface area contributed by atoms with Crippen molar-refractivity contribution < 1.29 is 28.5 Å². The van der Waals surface area contributed by atoms with Crippen molar-refractivity contribution in [3.05, 3.63) is 137 Å². The first-order valence-corrected chi connectivity index (χ1v) is 20.4. The molecule has 11 nitrogen and oxygen atoms in total. The van der Waals surface area contributed by atoms with E-state index >= 15 is 0 Å². The Balaban J connectivity index is 0.991. The van der Waals surface area contributed by atoms with Gasteiger partial charge in [-0.15, -0.1) is 0 Å². The predicted molar refractivity (Wildman–Crippen MR) is 237 cm³/mol. The number of aliphatic imine (C=N–C) groups is 1. The molecule has 0 bridgehead atoms. The van der Waals surface area contributed by atoms with Crippen LogP contribution in [-0.2, 0) is 26.1 Å². The van der Waals surface area contributed by atoms with Gasteiger partial charge in [0.25, 0.3) is 11.8 Å². The molecule has 9 rings (SSSR count). The van der Waals surface area contributed by atoms with Gasteiger partial charge < -0.3 is 34.1 Å². The fourth-order valence-corrected chi connectivity index (χ4v) is 8.86. The standard InChI is InChI=1S/C49H49N5O6/c1-29(2)26-52(30(3)4)35-16-31(27-59-46-22-40-38(20-44(46)57-5)48(55)53-36(24-50-40)18-33-11-7-9-13-42(33)53)15-32(17-35)28-60-47-23-41-39(21-45(47)58-6)49(56)54-37(25-51-41)19-34-12-8-10-14-43(34)54/h7-17,20-24,30,36-37,51H,1,18-19,25-28H2,2-6H3/t36-,37-/m0/s1. The molecule has 1 N–H and O–H groups in total. The van der Waals surface area contributed by atoms with E-state index in [9.17, 15) is 9.59 Å². The maximum atomic E-state index is 14.0. The van der Waals surface area contributed by atoms with Crippen LogP contribution >= 0.6 is 0 Å². The Morgan fingerprint density at radius 3 is 2.03 bits per heavy atom. The summed E-state index contributed by atoms with van der Waals surface area (Å²) in [5.41, 5.74) is 10.3. The minimum absolute atomic E-state index is 0.0148. The van der Waals surface area contributed by atoms with E-state index in [1.165, 1.54) is 5.56 Å². The van der Waals surface area contributed by atoms with Gasteiger partial charge >= 0.3 is 0 Å². The summed E-state index contributed by atoms with van der Waals surface area (Å²) in [6.45, 7) is 12.3. The number of anilines is 4. The van der Waals surface area contributed by atoms with Crippen molar-refractivity contribution in [1.82, 2.24) is 0 Å². The SMILES string of the molecule is C=C(C)CN(c1cc(COc2cc3c(cc2OC)C(=O)N2c4ccccc4C[C@H]2C=N3)cc(COc2cc3c(cc2OC)C(=O)N2c4ccccc4C[C@H]2CN3)c1)C(C)C. The number of nitrogens with zero attached hydrogens (tertiary/aromatic N) is 4. The predicted octanol–water partition coefficient (Wildman–Crippen LogP) is 8.94. The molecule has 0 aromatic heterocycles. The number of benzene rings is 5. The largest absolute Gasteiger partial charge is 0.493 e. The van der Waals surface area contributed by atoms with Gasteiger partial charge in [-0.2, -0.15) is 0 Å². The molecule has 0 unspecified atom stereocenters. The monoisotopic (exact) mass is 803 g/mol. The van der Waals surface area contributed by atoms with E-state index in [2.05, 4.69) is 61.0 Å². The minimum atomic E-state index is -0.162. The summed E-state index contributed by atoms with van der Waals surface area (Å²) in [6, 6.07) is 29.6. The highest BCUT2D eigenvalue weighted by Gasteiger charge is 2.38. The molecule has 2 amide bonds. The van der Waals surface area contributed by atoms with Crippen LogP contribution in [0.25, 0.3) is 0 Å². The molecule has 4 aliphatic rings. The van der Waals surface area contributed by atoms with Gasteiger partial charge in [0.2, 0.25) is 0 Å². The van der Waals surface area contributed by atoms with Crippen LogP contribution in [-0.4, -0.2) is 63.5 Å². The highest BCUT2D eigenvalue weighted by Crippen LogP contribution is 2.43. The number of ether oxygens (including phenoxy) is 4. The van der Waals surface area contributed by atoms with E-state index < -0.39 is 0 Å². The molecule has 5 aromatic carbocycles. The summed E-state index contributed by atoms with van der Waals surface area (Å²) in [6.07, 6.45) is 3.37. The smallest absolute Gasteiger partial charge is 0.261 e. The quantitative estimate of drug-likeness (QED) is 0.125. The molecule has 2 atom stereocenters. The maximum absolute atomic E-state index is 14.0. The Bertz CT molecular complexity index is 2570. The first-order chi connectivity index (χ1) is 29.1. The lowest BCUT2D eigenvalue weighted by atomic mass is 10.1. The second-order valence-corrected chi connectivity index (χ2v) is 16.2. The normalized spacial score (nSPS) is 17.0. The van der Waals surface area contributed by atoms with Crippen LogP contribution in [0.2, 0.25) is 0 Å². The summed E-state index contributed by atoms with van der Waals surface area (Å²) in [4.78, 5) is 38.8. The molecule has 0 saturated carbocycles. The lowest BCUT2D eigenvalue weighted by Gasteiger charge is -2.30. The van der Waals surface area contributed by atoms with E-state index in [0.29, 0.717) is 65.0 Å². The van der Waals surface area contributed by atoms with Crippen LogP contribution in [0.1, 0.15) is 63.7 Å². The van der Waals surface area contributed by atoms with Gasteiger partial charge in [0.05, 0.1) is 48.8 Å². The topological polar surface area (TPSA) is 105 Å². The summed E-state index contributed by atoms with van der Waals surface area (Å²) >= 11 is 0. The van der Waals surface area contributed by atoms with Crippen molar-refractivity contribution in [2.75, 3.05) is 47.3 Å². The fourth-order valence-electron chi connectivity index (χ4n) is 8.86. The highest BCUT2D eigenvalue weighted by atomic mass is 16.5. The molecule has 0 spiro atoms. The summed E-state index contributed by atoms with van der Waals surface area (Å²) < 4.78 is 24.7. The third-order valence-electron chi connectivity index (χ3n) is 11.7. The molecule has 0 fully saturated rings. The Morgan fingerprint density at radius 2 is 1.38 bits per heavy atom. The minimum Gasteiger partial charge on any atom is -0.493 e. The number of hydrogen-bond donors (Lipinski definition) is 1. The van der Waals surface area contributed by atoms with E-state index in [-0.39, 0.29) is 43.2 Å². The van der Waals surface area contributed by atoms with Gasteiger partial charge in [-0.05, 0) is 91.9 Å². The first-order valence-electron chi connectivity index (χ1n) is 20.4. The van der Waals surface area contributed by atoms with Crippen molar-refractivity contribution in [2.24, 2.45) is 4.99 Å². The number of carbonyl (C=O) groups excluding carboxylic acids is 2.